The number of benzene rings is 4. The highest BCUT2D eigenvalue weighted by Crippen LogP contribution is 2.37. The van der Waals surface area contributed by atoms with Crippen LogP contribution in [0.2, 0.25) is 0 Å². The second kappa shape index (κ2) is 9.19. The first-order valence-corrected chi connectivity index (χ1v) is 13.9. The van der Waals surface area contributed by atoms with E-state index in [0.29, 0.717) is 5.69 Å². The van der Waals surface area contributed by atoms with Crippen LogP contribution in [0.4, 0.5) is 22.7 Å². The Balaban J connectivity index is 1.65. The fraction of sp³-hybridized carbons (Fsp3) is 0. The molecule has 1 aliphatic rings. The van der Waals surface area contributed by atoms with E-state index in [0.717, 1.165) is 18.2 Å². The zero-order chi connectivity index (χ0) is 27.2. The molecule has 4 N–H and O–H groups in total. The van der Waals surface area contributed by atoms with Crippen LogP contribution in [-0.4, -0.2) is 37.5 Å². The van der Waals surface area contributed by atoms with Crippen LogP contribution >= 0.6 is 0 Å². The first-order chi connectivity index (χ1) is 17.9. The molecule has 0 spiro atoms. The molecule has 0 saturated heterocycles. The van der Waals surface area contributed by atoms with Crippen LogP contribution in [0.25, 0.3) is 0 Å². The third-order valence-electron chi connectivity index (χ3n) is 5.89. The van der Waals surface area contributed by atoms with Gasteiger partial charge in [-0.2, -0.15) is 16.8 Å². The summed E-state index contributed by atoms with van der Waals surface area (Å²) < 4.78 is 67.8. The molecule has 0 radical (unpaired) electrons. The van der Waals surface area contributed by atoms with Gasteiger partial charge in [0.2, 0.25) is 0 Å². The molecule has 0 saturated carbocycles. The van der Waals surface area contributed by atoms with Crippen molar-refractivity contribution in [3.8, 4) is 0 Å². The predicted molar refractivity (Wildman–Crippen MR) is 139 cm³/mol. The molecule has 10 nitrogen and oxygen atoms in total. The van der Waals surface area contributed by atoms with Crippen molar-refractivity contribution in [2.45, 2.75) is 9.79 Å². The molecule has 0 heterocycles. The lowest BCUT2D eigenvalue weighted by Gasteiger charge is -2.22. The van der Waals surface area contributed by atoms with E-state index >= 15 is 0 Å². The largest absolute Gasteiger partial charge is 0.355 e. The molecule has 0 aliphatic heterocycles. The second-order valence-electron chi connectivity index (χ2n) is 8.37. The molecule has 4 aromatic carbocycles. The average Bonchev–Trinajstić information content (AvgIpc) is 2.87. The highest BCUT2D eigenvalue weighted by atomic mass is 32.2. The minimum atomic E-state index is -4.79. The first kappa shape index (κ1) is 25.3. The number of carbonyl (C=O) groups excluding carboxylic acids is 2. The first-order valence-electron chi connectivity index (χ1n) is 11.0. The molecule has 12 heteroatoms. The van der Waals surface area contributed by atoms with Crippen LogP contribution in [0.5, 0.6) is 0 Å². The molecule has 4 aromatic rings. The maximum atomic E-state index is 13.4. The van der Waals surface area contributed by atoms with Crippen molar-refractivity contribution in [1.29, 1.82) is 0 Å². The van der Waals surface area contributed by atoms with Gasteiger partial charge in [-0.25, -0.2) is 0 Å². The summed E-state index contributed by atoms with van der Waals surface area (Å²) in [5.74, 6) is -1.19. The minimum Gasteiger partial charge on any atom is -0.355 e. The molecule has 1 aliphatic carbocycles. The Morgan fingerprint density at radius 2 is 1.16 bits per heavy atom. The molecule has 38 heavy (non-hydrogen) atoms. The number of ketones is 2. The molecule has 0 aromatic heterocycles. The Kier molecular flexibility index (Phi) is 6.12. The van der Waals surface area contributed by atoms with Crippen molar-refractivity contribution in [2.24, 2.45) is 0 Å². The molecule has 192 valence electrons. The highest BCUT2D eigenvalue weighted by Gasteiger charge is 2.33. The van der Waals surface area contributed by atoms with E-state index in [9.17, 15) is 35.5 Å². The third kappa shape index (κ3) is 4.68. The zero-order valence-corrected chi connectivity index (χ0v) is 20.9. The fourth-order valence-electron chi connectivity index (χ4n) is 4.19. The van der Waals surface area contributed by atoms with Gasteiger partial charge in [0.25, 0.3) is 20.2 Å². The summed E-state index contributed by atoms with van der Waals surface area (Å²) in [5, 5.41) is 5.67. The van der Waals surface area contributed by atoms with Gasteiger partial charge in [-0.15, -0.1) is 0 Å². The van der Waals surface area contributed by atoms with E-state index in [1.165, 1.54) is 24.3 Å². The summed E-state index contributed by atoms with van der Waals surface area (Å²) in [4.78, 5) is 25.4. The monoisotopic (exact) mass is 550 g/mol. The van der Waals surface area contributed by atoms with Gasteiger partial charge in [0.1, 0.15) is 4.90 Å². The lowest BCUT2D eigenvalue weighted by molar-refractivity contribution is 0.0979. The van der Waals surface area contributed by atoms with Gasteiger partial charge in [-0.1, -0.05) is 42.5 Å². The Labute approximate surface area is 217 Å². The molecule has 0 fully saturated rings. The van der Waals surface area contributed by atoms with Crippen molar-refractivity contribution in [1.82, 2.24) is 0 Å². The number of anilines is 4. The average molecular weight is 551 g/mol. The number of fused-ring (bicyclic) bond motifs is 2. The number of hydrogen-bond donors (Lipinski definition) is 4. The number of carbonyl (C=O) groups is 2. The van der Waals surface area contributed by atoms with Gasteiger partial charge in [-0.3, -0.25) is 18.7 Å². The van der Waals surface area contributed by atoms with Gasteiger partial charge in [0.05, 0.1) is 21.8 Å². The van der Waals surface area contributed by atoms with Crippen LogP contribution in [-0.2, 0) is 20.2 Å². The van der Waals surface area contributed by atoms with Crippen LogP contribution in [0.15, 0.2) is 94.7 Å². The van der Waals surface area contributed by atoms with Gasteiger partial charge in [0.15, 0.2) is 11.6 Å². The molecule has 0 amide bonds. The lowest BCUT2D eigenvalue weighted by atomic mass is 9.83. The number of para-hydroxylation sites is 1. The number of nitrogens with one attached hydrogen (secondary N) is 2. The second-order valence-corrected chi connectivity index (χ2v) is 11.2. The van der Waals surface area contributed by atoms with E-state index in [1.807, 2.05) is 0 Å². The Hall–Kier alpha value is -4.36. The maximum absolute atomic E-state index is 13.4. The zero-order valence-electron chi connectivity index (χ0n) is 19.2. The topological polar surface area (TPSA) is 167 Å². The maximum Gasteiger partial charge on any atom is 0.296 e. The van der Waals surface area contributed by atoms with Gasteiger partial charge in [0, 0.05) is 28.1 Å². The van der Waals surface area contributed by atoms with E-state index < -0.39 is 41.6 Å². The summed E-state index contributed by atoms with van der Waals surface area (Å²) >= 11 is 0. The van der Waals surface area contributed by atoms with E-state index in [4.69, 9.17) is 0 Å². The SMILES string of the molecule is O=C1c2ccccc2C(=O)c2c(Nc3ccc(Nc4ccccc4)c(S(=O)(=O)O)c3)cc(S(=O)(=O)O)cc21. The van der Waals surface area contributed by atoms with Gasteiger partial charge in [-0.05, 0) is 42.5 Å². The molecular formula is C26H18N2O8S2. The predicted octanol–water partition coefficient (Wildman–Crippen LogP) is 4.44. The Morgan fingerprint density at radius 1 is 0.553 bits per heavy atom. The smallest absolute Gasteiger partial charge is 0.296 e. The van der Waals surface area contributed by atoms with Gasteiger partial charge < -0.3 is 10.6 Å². The minimum absolute atomic E-state index is 0.0463. The Morgan fingerprint density at radius 3 is 1.79 bits per heavy atom. The molecule has 0 bridgehead atoms. The third-order valence-corrected chi connectivity index (χ3v) is 7.61. The van der Waals surface area contributed by atoms with Crippen molar-refractivity contribution in [2.75, 3.05) is 10.6 Å². The highest BCUT2D eigenvalue weighted by molar-refractivity contribution is 7.86. The van der Waals surface area contributed by atoms with Crippen LogP contribution in [0.3, 0.4) is 0 Å². The van der Waals surface area contributed by atoms with E-state index in [-0.39, 0.29) is 39.3 Å². The quantitative estimate of drug-likeness (QED) is 0.222. The summed E-state index contributed by atoms with van der Waals surface area (Å²) in [7, 11) is -9.53. The summed E-state index contributed by atoms with van der Waals surface area (Å²) in [6.45, 7) is 0. The summed E-state index contributed by atoms with van der Waals surface area (Å²) in [6, 6.07) is 20.4. The normalized spacial score (nSPS) is 13.0. The lowest BCUT2D eigenvalue weighted by Crippen LogP contribution is -2.23. The summed E-state index contributed by atoms with van der Waals surface area (Å²) in [5.41, 5.74) is 0.277. The molecular weight excluding hydrogens is 532 g/mol. The van der Waals surface area contributed by atoms with Crippen molar-refractivity contribution in [3.63, 3.8) is 0 Å². The summed E-state index contributed by atoms with van der Waals surface area (Å²) in [6.07, 6.45) is 0. The van der Waals surface area contributed by atoms with Crippen LogP contribution < -0.4 is 10.6 Å². The van der Waals surface area contributed by atoms with E-state index in [1.54, 1.807) is 42.5 Å². The number of rotatable bonds is 6. The Bertz CT molecular complexity index is 1850. The number of hydrogen-bond acceptors (Lipinski definition) is 8. The van der Waals surface area contributed by atoms with E-state index in [2.05, 4.69) is 10.6 Å². The molecule has 0 unspecified atom stereocenters. The van der Waals surface area contributed by atoms with Crippen LogP contribution in [0.1, 0.15) is 31.8 Å². The fourth-order valence-corrected chi connectivity index (χ4v) is 5.40. The van der Waals surface area contributed by atoms with Crippen molar-refractivity contribution < 1.29 is 35.5 Å². The standard InChI is InChI=1S/C26H18N2O8S2/c29-25-18-8-4-5-9-19(18)26(30)24-20(25)13-17(37(31,32)33)14-22(24)28-16-10-11-21(23(12-16)38(34,35)36)27-15-6-2-1-3-7-15/h1-14,27-28H,(H,31,32,33)(H,34,35,36). The molecule has 5 rings (SSSR count). The van der Waals surface area contributed by atoms with Crippen LogP contribution in [0, 0.1) is 0 Å². The molecule has 0 atom stereocenters. The van der Waals surface area contributed by atoms with Gasteiger partial charge >= 0.3 is 0 Å². The van der Waals surface area contributed by atoms with Crippen molar-refractivity contribution >= 4 is 54.6 Å². The van der Waals surface area contributed by atoms with Crippen molar-refractivity contribution in [3.05, 3.63) is 107 Å².